The van der Waals surface area contributed by atoms with E-state index < -0.39 is 0 Å². The van der Waals surface area contributed by atoms with E-state index in [0.29, 0.717) is 17.8 Å². The maximum atomic E-state index is 12.1. The molecule has 0 unspecified atom stereocenters. The van der Waals surface area contributed by atoms with Crippen LogP contribution in [0, 0.1) is 0 Å². The number of hydrogen-bond acceptors (Lipinski definition) is 3. The molecule has 1 saturated heterocycles. The van der Waals surface area contributed by atoms with Crippen LogP contribution in [-0.4, -0.2) is 31.1 Å². The number of benzene rings is 1. The smallest absolute Gasteiger partial charge is 0.253 e. The average Bonchev–Trinajstić information content (AvgIpc) is 2.89. The Bertz CT molecular complexity index is 468. The Labute approximate surface area is 112 Å². The van der Waals surface area contributed by atoms with Crippen LogP contribution >= 0.6 is 0 Å². The van der Waals surface area contributed by atoms with Crippen molar-refractivity contribution in [3.05, 3.63) is 29.8 Å². The van der Waals surface area contributed by atoms with Crippen LogP contribution in [0.5, 0.6) is 0 Å². The Morgan fingerprint density at radius 1 is 1.37 bits per heavy atom. The first-order valence-electron chi connectivity index (χ1n) is 6.43. The van der Waals surface area contributed by atoms with Crippen molar-refractivity contribution in [1.29, 1.82) is 0 Å². The molecule has 0 bridgehead atoms. The number of nitrogens with one attached hydrogen (secondary N) is 2. The fraction of sp³-hybridized carbons (Fsp3) is 0.429. The van der Waals surface area contributed by atoms with E-state index in [-0.39, 0.29) is 17.9 Å². The van der Waals surface area contributed by atoms with Crippen LogP contribution < -0.4 is 10.6 Å². The Morgan fingerprint density at radius 2 is 2.16 bits per heavy atom. The lowest BCUT2D eigenvalue weighted by Crippen LogP contribution is -2.32. The van der Waals surface area contributed by atoms with Gasteiger partial charge in [-0.3, -0.25) is 9.59 Å². The van der Waals surface area contributed by atoms with E-state index in [1.54, 1.807) is 24.3 Å². The summed E-state index contributed by atoms with van der Waals surface area (Å²) in [6.45, 7) is 2.69. The van der Waals surface area contributed by atoms with Gasteiger partial charge in [-0.15, -0.1) is 0 Å². The van der Waals surface area contributed by atoms with Gasteiger partial charge >= 0.3 is 0 Å². The molecular weight excluding hydrogens is 244 g/mol. The van der Waals surface area contributed by atoms with E-state index in [0.717, 1.165) is 19.4 Å². The predicted molar refractivity (Wildman–Crippen MR) is 72.1 cm³/mol. The van der Waals surface area contributed by atoms with Crippen LogP contribution in [0.1, 0.15) is 30.1 Å². The minimum absolute atomic E-state index is 0.108. The van der Waals surface area contributed by atoms with Gasteiger partial charge in [-0.25, -0.2) is 0 Å². The molecule has 1 aromatic carbocycles. The Kier molecular flexibility index (Phi) is 4.52. The van der Waals surface area contributed by atoms with Crippen molar-refractivity contribution in [2.45, 2.75) is 25.9 Å². The highest BCUT2D eigenvalue weighted by Gasteiger charge is 2.17. The Morgan fingerprint density at radius 3 is 2.84 bits per heavy atom. The number of anilines is 1. The lowest BCUT2D eigenvalue weighted by atomic mass is 10.1. The molecule has 5 nitrogen and oxygen atoms in total. The third kappa shape index (κ3) is 3.79. The molecule has 1 atom stereocenters. The number of hydrogen-bond donors (Lipinski definition) is 2. The molecule has 19 heavy (non-hydrogen) atoms. The number of carbonyl (C=O) groups is 2. The first-order chi connectivity index (χ1) is 9.16. The number of amides is 2. The summed E-state index contributed by atoms with van der Waals surface area (Å²) in [6, 6.07) is 6.95. The van der Waals surface area contributed by atoms with E-state index in [2.05, 4.69) is 10.6 Å². The molecule has 0 aromatic heterocycles. The summed E-state index contributed by atoms with van der Waals surface area (Å²) in [5.74, 6) is -0.390. The molecule has 1 heterocycles. The topological polar surface area (TPSA) is 67.4 Å². The van der Waals surface area contributed by atoms with Crippen molar-refractivity contribution in [3.63, 3.8) is 0 Å². The average molecular weight is 262 g/mol. The minimum atomic E-state index is -0.195. The van der Waals surface area contributed by atoms with Crippen molar-refractivity contribution in [2.75, 3.05) is 18.5 Å². The van der Waals surface area contributed by atoms with Gasteiger partial charge in [-0.1, -0.05) is 12.1 Å². The van der Waals surface area contributed by atoms with Crippen molar-refractivity contribution in [3.8, 4) is 0 Å². The van der Waals surface area contributed by atoms with Crippen LogP contribution in [0.15, 0.2) is 24.3 Å². The first kappa shape index (κ1) is 13.5. The maximum Gasteiger partial charge on any atom is 0.253 e. The monoisotopic (exact) mass is 262 g/mol. The van der Waals surface area contributed by atoms with Gasteiger partial charge < -0.3 is 15.4 Å². The van der Waals surface area contributed by atoms with E-state index in [9.17, 15) is 9.59 Å². The fourth-order valence-electron chi connectivity index (χ4n) is 2.09. The second-order valence-electron chi connectivity index (χ2n) is 4.57. The molecule has 0 saturated carbocycles. The van der Waals surface area contributed by atoms with Crippen LogP contribution in [0.3, 0.4) is 0 Å². The van der Waals surface area contributed by atoms with Crippen molar-refractivity contribution in [1.82, 2.24) is 5.32 Å². The molecule has 2 amide bonds. The molecule has 1 aliphatic rings. The summed E-state index contributed by atoms with van der Waals surface area (Å²) in [6.07, 6.45) is 2.13. The van der Waals surface area contributed by atoms with Crippen molar-refractivity contribution < 1.29 is 14.3 Å². The summed E-state index contributed by atoms with van der Waals surface area (Å²) in [7, 11) is 0. The molecule has 1 fully saturated rings. The molecular formula is C14H18N2O3. The molecule has 2 N–H and O–H groups in total. The van der Waals surface area contributed by atoms with Gasteiger partial charge in [-0.2, -0.15) is 0 Å². The summed E-state index contributed by atoms with van der Waals surface area (Å²) in [4.78, 5) is 23.2. The van der Waals surface area contributed by atoms with Crippen molar-refractivity contribution >= 4 is 17.5 Å². The highest BCUT2D eigenvalue weighted by Crippen LogP contribution is 2.15. The van der Waals surface area contributed by atoms with Gasteiger partial charge in [0.2, 0.25) is 5.91 Å². The number of carbonyl (C=O) groups excluding carboxylic acids is 2. The fourth-order valence-corrected chi connectivity index (χ4v) is 2.09. The number of ether oxygens (including phenoxy) is 1. The molecule has 2 rings (SSSR count). The zero-order chi connectivity index (χ0) is 13.7. The lowest BCUT2D eigenvalue weighted by molar-refractivity contribution is -0.114. The van der Waals surface area contributed by atoms with Gasteiger partial charge in [0.25, 0.3) is 5.91 Å². The van der Waals surface area contributed by atoms with Gasteiger partial charge in [0.05, 0.1) is 17.4 Å². The molecule has 0 spiro atoms. The Hall–Kier alpha value is -1.88. The summed E-state index contributed by atoms with van der Waals surface area (Å²) < 4.78 is 5.45. The molecule has 102 valence electrons. The molecule has 5 heteroatoms. The lowest BCUT2D eigenvalue weighted by Gasteiger charge is -2.13. The zero-order valence-electron chi connectivity index (χ0n) is 10.9. The summed E-state index contributed by atoms with van der Waals surface area (Å²) in [5.41, 5.74) is 0.996. The zero-order valence-corrected chi connectivity index (χ0v) is 10.9. The third-order valence-corrected chi connectivity index (χ3v) is 3.00. The van der Waals surface area contributed by atoms with Crippen LogP contribution in [0.4, 0.5) is 5.69 Å². The second kappa shape index (κ2) is 6.33. The molecule has 0 aliphatic carbocycles. The standard InChI is InChI=1S/C14H18N2O3/c1-10(17)16-13-7-3-2-6-12(13)14(18)15-9-11-5-4-8-19-11/h2-3,6-7,11H,4-5,8-9H2,1H3,(H,15,18)(H,16,17)/t11-/m1/s1. The number of para-hydroxylation sites is 1. The van der Waals surface area contributed by atoms with Crippen LogP contribution in [-0.2, 0) is 9.53 Å². The Balaban J connectivity index is 1.99. The largest absolute Gasteiger partial charge is 0.376 e. The van der Waals surface area contributed by atoms with Gasteiger partial charge in [-0.05, 0) is 25.0 Å². The van der Waals surface area contributed by atoms with Crippen molar-refractivity contribution in [2.24, 2.45) is 0 Å². The summed E-state index contributed by atoms with van der Waals surface area (Å²) in [5, 5.41) is 5.49. The number of rotatable bonds is 4. The molecule has 0 radical (unpaired) electrons. The minimum Gasteiger partial charge on any atom is -0.376 e. The highest BCUT2D eigenvalue weighted by molar-refractivity contribution is 6.03. The van der Waals surface area contributed by atoms with Crippen LogP contribution in [0.2, 0.25) is 0 Å². The summed E-state index contributed by atoms with van der Waals surface area (Å²) >= 11 is 0. The molecule has 1 aromatic rings. The third-order valence-electron chi connectivity index (χ3n) is 3.00. The second-order valence-corrected chi connectivity index (χ2v) is 4.57. The van der Waals surface area contributed by atoms with Gasteiger partial charge in [0.1, 0.15) is 0 Å². The van der Waals surface area contributed by atoms with Crippen LogP contribution in [0.25, 0.3) is 0 Å². The quantitative estimate of drug-likeness (QED) is 0.865. The van der Waals surface area contributed by atoms with Gasteiger partial charge in [0.15, 0.2) is 0 Å². The van der Waals surface area contributed by atoms with E-state index in [1.807, 2.05) is 0 Å². The van der Waals surface area contributed by atoms with E-state index >= 15 is 0 Å². The molecule has 1 aliphatic heterocycles. The normalized spacial score (nSPS) is 18.1. The van der Waals surface area contributed by atoms with E-state index in [1.165, 1.54) is 6.92 Å². The highest BCUT2D eigenvalue weighted by atomic mass is 16.5. The van der Waals surface area contributed by atoms with Gasteiger partial charge in [0, 0.05) is 20.1 Å². The predicted octanol–water partition coefficient (Wildman–Crippen LogP) is 1.55. The SMILES string of the molecule is CC(=O)Nc1ccccc1C(=O)NC[C@H]1CCCO1. The first-order valence-corrected chi connectivity index (χ1v) is 6.43. The maximum absolute atomic E-state index is 12.1. The van der Waals surface area contributed by atoms with E-state index in [4.69, 9.17) is 4.74 Å².